The van der Waals surface area contributed by atoms with Gasteiger partial charge in [0.25, 0.3) is 5.69 Å². The molecule has 0 bridgehead atoms. The summed E-state index contributed by atoms with van der Waals surface area (Å²) in [5.41, 5.74) is -0.169. The number of nitro benzene ring substituents is 1. The summed E-state index contributed by atoms with van der Waals surface area (Å²) in [6.07, 6.45) is 0. The lowest BCUT2D eigenvalue weighted by Gasteiger charge is -2.19. The zero-order valence-corrected chi connectivity index (χ0v) is 12.7. The summed E-state index contributed by atoms with van der Waals surface area (Å²) >= 11 is 0. The van der Waals surface area contributed by atoms with Crippen LogP contribution >= 0.6 is 0 Å². The number of rotatable bonds is 5. The Labute approximate surface area is 118 Å². The van der Waals surface area contributed by atoms with Crippen molar-refractivity contribution in [3.05, 3.63) is 28.3 Å². The fourth-order valence-electron chi connectivity index (χ4n) is 1.45. The van der Waals surface area contributed by atoms with Crippen LogP contribution in [0, 0.1) is 15.5 Å². The first-order valence-electron chi connectivity index (χ1n) is 6.03. The van der Waals surface area contributed by atoms with E-state index >= 15 is 0 Å². The van der Waals surface area contributed by atoms with Gasteiger partial charge in [-0.05, 0) is 11.5 Å². The van der Waals surface area contributed by atoms with E-state index in [4.69, 9.17) is 0 Å². The molecule has 0 aliphatic heterocycles. The van der Waals surface area contributed by atoms with E-state index in [9.17, 15) is 18.5 Å². The number of sulfonamides is 1. The van der Waals surface area contributed by atoms with Crippen molar-refractivity contribution < 1.29 is 13.3 Å². The highest BCUT2D eigenvalue weighted by Crippen LogP contribution is 2.26. The SMILES string of the molecule is CNc1cc([N+](=O)[O-])ccc1S(=O)(=O)NCC(C)(C)C. The van der Waals surface area contributed by atoms with Gasteiger partial charge in [-0.1, -0.05) is 20.8 Å². The fourth-order valence-corrected chi connectivity index (χ4v) is 2.93. The molecule has 20 heavy (non-hydrogen) atoms. The molecule has 0 heterocycles. The summed E-state index contributed by atoms with van der Waals surface area (Å²) in [5.74, 6) is 0. The molecule has 0 unspecified atom stereocenters. The second kappa shape index (κ2) is 5.76. The van der Waals surface area contributed by atoms with Crippen LogP contribution in [0.25, 0.3) is 0 Å². The highest BCUT2D eigenvalue weighted by molar-refractivity contribution is 7.89. The molecule has 8 heteroatoms. The van der Waals surface area contributed by atoms with Gasteiger partial charge in [0.2, 0.25) is 10.0 Å². The highest BCUT2D eigenvalue weighted by atomic mass is 32.2. The van der Waals surface area contributed by atoms with Gasteiger partial charge in [0.1, 0.15) is 4.90 Å². The lowest BCUT2D eigenvalue weighted by Crippen LogP contribution is -2.32. The standard InChI is InChI=1S/C12H19N3O4S/c1-12(2,3)8-14-20(18,19)11-6-5-9(15(16)17)7-10(11)13-4/h5-7,13-14H,8H2,1-4H3. The number of hydrogen-bond acceptors (Lipinski definition) is 5. The van der Waals surface area contributed by atoms with Crippen LogP contribution in [-0.4, -0.2) is 26.9 Å². The zero-order valence-electron chi connectivity index (χ0n) is 11.9. The molecule has 1 aromatic carbocycles. The van der Waals surface area contributed by atoms with Crippen LogP contribution in [0.4, 0.5) is 11.4 Å². The molecule has 1 rings (SSSR count). The van der Waals surface area contributed by atoms with Gasteiger partial charge in [-0.15, -0.1) is 0 Å². The van der Waals surface area contributed by atoms with Gasteiger partial charge >= 0.3 is 0 Å². The molecule has 0 amide bonds. The van der Waals surface area contributed by atoms with Crippen LogP contribution in [0.1, 0.15) is 20.8 Å². The molecular weight excluding hydrogens is 282 g/mol. The molecule has 7 nitrogen and oxygen atoms in total. The van der Waals surface area contributed by atoms with E-state index in [1.54, 1.807) is 0 Å². The lowest BCUT2D eigenvalue weighted by molar-refractivity contribution is -0.384. The first kappa shape index (κ1) is 16.4. The monoisotopic (exact) mass is 301 g/mol. The average molecular weight is 301 g/mol. The number of nitro groups is 1. The first-order chi connectivity index (χ1) is 9.07. The van der Waals surface area contributed by atoms with Crippen LogP contribution in [0.3, 0.4) is 0 Å². The molecule has 0 aliphatic carbocycles. The Kier molecular flexibility index (Phi) is 4.72. The number of nitrogens with zero attached hydrogens (tertiary/aromatic N) is 1. The predicted octanol–water partition coefficient (Wildman–Crippen LogP) is 1.96. The average Bonchev–Trinajstić information content (AvgIpc) is 2.35. The normalized spacial score (nSPS) is 12.2. The summed E-state index contributed by atoms with van der Waals surface area (Å²) in [6.45, 7) is 5.99. The number of non-ortho nitro benzene ring substituents is 1. The Morgan fingerprint density at radius 3 is 2.35 bits per heavy atom. The molecule has 0 saturated carbocycles. The van der Waals surface area contributed by atoms with E-state index in [0.717, 1.165) is 0 Å². The minimum Gasteiger partial charge on any atom is -0.387 e. The van der Waals surface area contributed by atoms with Crippen LogP contribution in [-0.2, 0) is 10.0 Å². The van der Waals surface area contributed by atoms with Crippen LogP contribution in [0.15, 0.2) is 23.1 Å². The van der Waals surface area contributed by atoms with Gasteiger partial charge in [0.15, 0.2) is 0 Å². The quantitative estimate of drug-likeness (QED) is 0.639. The third-order valence-electron chi connectivity index (χ3n) is 2.53. The smallest absolute Gasteiger partial charge is 0.271 e. The van der Waals surface area contributed by atoms with Gasteiger partial charge < -0.3 is 5.32 Å². The van der Waals surface area contributed by atoms with Crippen molar-refractivity contribution in [1.82, 2.24) is 4.72 Å². The molecule has 1 aromatic rings. The topological polar surface area (TPSA) is 101 Å². The number of benzene rings is 1. The molecule has 0 spiro atoms. The Morgan fingerprint density at radius 2 is 1.90 bits per heavy atom. The van der Waals surface area contributed by atoms with E-state index in [0.29, 0.717) is 0 Å². The maximum Gasteiger partial charge on any atom is 0.271 e. The highest BCUT2D eigenvalue weighted by Gasteiger charge is 2.22. The predicted molar refractivity (Wildman–Crippen MR) is 77.3 cm³/mol. The Balaban J connectivity index is 3.15. The number of anilines is 1. The van der Waals surface area contributed by atoms with Crippen LogP contribution < -0.4 is 10.0 Å². The van der Waals surface area contributed by atoms with Gasteiger partial charge in [0, 0.05) is 25.7 Å². The summed E-state index contributed by atoms with van der Waals surface area (Å²) in [5, 5.41) is 13.4. The van der Waals surface area contributed by atoms with Crippen molar-refractivity contribution in [2.24, 2.45) is 5.41 Å². The molecule has 0 aromatic heterocycles. The molecule has 112 valence electrons. The van der Waals surface area contributed by atoms with Crippen molar-refractivity contribution >= 4 is 21.4 Å². The van der Waals surface area contributed by atoms with Crippen LogP contribution in [0.2, 0.25) is 0 Å². The molecule has 0 aliphatic rings. The van der Waals surface area contributed by atoms with E-state index in [-0.39, 0.29) is 28.2 Å². The third-order valence-corrected chi connectivity index (χ3v) is 3.98. The number of nitrogens with one attached hydrogen (secondary N) is 2. The molecular formula is C12H19N3O4S. The Bertz CT molecular complexity index is 606. The summed E-state index contributed by atoms with van der Waals surface area (Å²) < 4.78 is 26.9. The largest absolute Gasteiger partial charge is 0.387 e. The maximum atomic E-state index is 12.2. The number of hydrogen-bond donors (Lipinski definition) is 2. The van der Waals surface area contributed by atoms with E-state index < -0.39 is 14.9 Å². The third kappa shape index (κ3) is 4.17. The van der Waals surface area contributed by atoms with Crippen molar-refractivity contribution in [2.45, 2.75) is 25.7 Å². The molecule has 0 fully saturated rings. The minimum absolute atomic E-state index is 0.00477. The van der Waals surface area contributed by atoms with Crippen LogP contribution in [0.5, 0.6) is 0 Å². The molecule has 0 saturated heterocycles. The Hall–Kier alpha value is -1.67. The fraction of sp³-hybridized carbons (Fsp3) is 0.500. The zero-order chi connectivity index (χ0) is 15.6. The minimum atomic E-state index is -3.71. The van der Waals surface area contributed by atoms with Gasteiger partial charge in [-0.2, -0.15) is 0 Å². The second-order valence-corrected chi connectivity index (χ2v) is 7.31. The Morgan fingerprint density at radius 1 is 1.30 bits per heavy atom. The first-order valence-corrected chi connectivity index (χ1v) is 7.51. The van der Waals surface area contributed by atoms with E-state index in [1.807, 2.05) is 20.8 Å². The van der Waals surface area contributed by atoms with Gasteiger partial charge in [0.05, 0.1) is 10.6 Å². The second-order valence-electron chi connectivity index (χ2n) is 5.57. The van der Waals surface area contributed by atoms with E-state index in [1.165, 1.54) is 25.2 Å². The molecule has 0 atom stereocenters. The molecule has 0 radical (unpaired) electrons. The van der Waals surface area contributed by atoms with Crippen molar-refractivity contribution in [2.75, 3.05) is 18.9 Å². The summed E-state index contributed by atoms with van der Waals surface area (Å²) in [7, 11) is -2.20. The van der Waals surface area contributed by atoms with E-state index in [2.05, 4.69) is 10.0 Å². The van der Waals surface area contributed by atoms with Gasteiger partial charge in [-0.3, -0.25) is 10.1 Å². The van der Waals surface area contributed by atoms with Gasteiger partial charge in [-0.25, -0.2) is 13.1 Å². The summed E-state index contributed by atoms with van der Waals surface area (Å²) in [4.78, 5) is 10.1. The maximum absolute atomic E-state index is 12.2. The van der Waals surface area contributed by atoms with Crippen molar-refractivity contribution in [1.29, 1.82) is 0 Å². The van der Waals surface area contributed by atoms with Crippen molar-refractivity contribution in [3.63, 3.8) is 0 Å². The summed E-state index contributed by atoms with van der Waals surface area (Å²) in [6, 6.07) is 3.60. The molecule has 2 N–H and O–H groups in total. The lowest BCUT2D eigenvalue weighted by atomic mass is 9.98. The van der Waals surface area contributed by atoms with Crippen molar-refractivity contribution in [3.8, 4) is 0 Å².